The smallest absolute Gasteiger partial charge is 0.407 e. The average molecular weight is 370 g/mol. The molecule has 6 heteroatoms. The van der Waals surface area contributed by atoms with E-state index in [0.29, 0.717) is 19.0 Å². The van der Waals surface area contributed by atoms with Crippen molar-refractivity contribution in [3.8, 4) is 5.75 Å². The fraction of sp³-hybridized carbons (Fsp3) is 0.350. The minimum absolute atomic E-state index is 0.379. The number of amides is 1. The van der Waals surface area contributed by atoms with Crippen LogP contribution in [0.5, 0.6) is 5.75 Å². The molecule has 1 fully saturated rings. The summed E-state index contributed by atoms with van der Waals surface area (Å²) in [6.07, 6.45) is 3.17. The van der Waals surface area contributed by atoms with Crippen molar-refractivity contribution in [2.45, 2.75) is 25.3 Å². The summed E-state index contributed by atoms with van der Waals surface area (Å²) >= 11 is 1.76. The lowest BCUT2D eigenvalue weighted by Crippen LogP contribution is -2.36. The summed E-state index contributed by atoms with van der Waals surface area (Å²) in [7, 11) is 1.69. The maximum Gasteiger partial charge on any atom is 0.407 e. The van der Waals surface area contributed by atoms with Crippen molar-refractivity contribution in [2.75, 3.05) is 20.2 Å². The Hall–Kier alpha value is -2.47. The fourth-order valence-corrected chi connectivity index (χ4v) is 4.54. The average Bonchev–Trinajstić information content (AvgIpc) is 3.30. The van der Waals surface area contributed by atoms with Crippen LogP contribution in [0.2, 0.25) is 0 Å². The van der Waals surface area contributed by atoms with E-state index < -0.39 is 6.09 Å². The molecule has 0 bridgehead atoms. The van der Waals surface area contributed by atoms with E-state index in [1.54, 1.807) is 18.4 Å². The molecule has 3 aromatic rings. The first-order valence-electron chi connectivity index (χ1n) is 8.82. The number of carboxylic acid groups (broad SMARTS) is 1. The monoisotopic (exact) mass is 370 g/mol. The number of aromatic nitrogens is 1. The van der Waals surface area contributed by atoms with Crippen LogP contribution in [0, 0.1) is 0 Å². The predicted molar refractivity (Wildman–Crippen MR) is 103 cm³/mol. The summed E-state index contributed by atoms with van der Waals surface area (Å²) in [6.45, 7) is 2.05. The highest BCUT2D eigenvalue weighted by molar-refractivity contribution is 7.09. The first kappa shape index (κ1) is 17.0. The summed E-state index contributed by atoms with van der Waals surface area (Å²) in [5, 5.41) is 12.5. The van der Waals surface area contributed by atoms with Crippen LogP contribution < -0.4 is 4.74 Å². The Labute approximate surface area is 156 Å². The molecular formula is C20H22N2O3S. The third kappa shape index (κ3) is 3.17. The minimum Gasteiger partial charge on any atom is -0.497 e. The molecule has 0 unspecified atom stereocenters. The number of thiophene rings is 1. The van der Waals surface area contributed by atoms with Gasteiger partial charge in [-0.2, -0.15) is 0 Å². The topological polar surface area (TPSA) is 54.7 Å². The predicted octanol–water partition coefficient (Wildman–Crippen LogP) is 4.62. The van der Waals surface area contributed by atoms with Crippen LogP contribution in [-0.2, 0) is 6.54 Å². The summed E-state index contributed by atoms with van der Waals surface area (Å²) in [4.78, 5) is 14.0. The Bertz CT molecular complexity index is 909. The molecule has 1 aliphatic rings. The maximum absolute atomic E-state index is 11.2. The van der Waals surface area contributed by atoms with Gasteiger partial charge in [-0.1, -0.05) is 6.07 Å². The van der Waals surface area contributed by atoms with Gasteiger partial charge in [0, 0.05) is 35.1 Å². The lowest BCUT2D eigenvalue weighted by molar-refractivity contribution is 0.132. The number of nitrogens with zero attached hydrogens (tertiary/aromatic N) is 2. The Morgan fingerprint density at radius 1 is 1.31 bits per heavy atom. The molecule has 3 heterocycles. The highest BCUT2D eigenvalue weighted by Crippen LogP contribution is 2.36. The normalized spacial score (nSPS) is 15.5. The molecule has 0 atom stereocenters. The third-order valence-corrected chi connectivity index (χ3v) is 6.09. The number of piperidine rings is 1. The van der Waals surface area contributed by atoms with Gasteiger partial charge >= 0.3 is 6.09 Å². The zero-order valence-electron chi connectivity index (χ0n) is 14.7. The number of rotatable bonds is 4. The SMILES string of the molecule is COc1ccc2c(c1)c(C1CCN(C(=O)O)CC1)cn2Cc1cccs1. The Kier molecular flexibility index (Phi) is 4.59. The highest BCUT2D eigenvalue weighted by atomic mass is 32.1. The number of carbonyl (C=O) groups is 1. The molecule has 1 aliphatic heterocycles. The maximum atomic E-state index is 11.2. The van der Waals surface area contributed by atoms with E-state index >= 15 is 0 Å². The minimum atomic E-state index is -0.815. The molecule has 0 radical (unpaired) electrons. The van der Waals surface area contributed by atoms with Gasteiger partial charge in [-0.15, -0.1) is 11.3 Å². The summed E-state index contributed by atoms with van der Waals surface area (Å²) in [6, 6.07) is 10.5. The standard InChI is InChI=1S/C20H22N2O3S/c1-25-15-4-5-19-17(11-15)18(13-22(19)12-16-3-2-10-26-16)14-6-8-21(9-7-14)20(23)24/h2-5,10-11,13-14H,6-9,12H2,1H3,(H,23,24). The van der Waals surface area contributed by atoms with E-state index in [1.165, 1.54) is 26.2 Å². The molecule has 4 rings (SSSR count). The quantitative estimate of drug-likeness (QED) is 0.729. The Morgan fingerprint density at radius 2 is 2.12 bits per heavy atom. The van der Waals surface area contributed by atoms with Crippen LogP contribution >= 0.6 is 11.3 Å². The molecule has 136 valence electrons. The van der Waals surface area contributed by atoms with E-state index in [2.05, 4.69) is 40.4 Å². The van der Waals surface area contributed by atoms with Crippen molar-refractivity contribution in [1.82, 2.24) is 9.47 Å². The molecule has 5 nitrogen and oxygen atoms in total. The van der Waals surface area contributed by atoms with E-state index in [1.807, 2.05) is 6.07 Å². The molecule has 0 spiro atoms. The molecule has 1 aromatic carbocycles. The van der Waals surface area contributed by atoms with E-state index in [9.17, 15) is 9.90 Å². The summed E-state index contributed by atoms with van der Waals surface area (Å²) in [5.41, 5.74) is 2.51. The van der Waals surface area contributed by atoms with Gasteiger partial charge in [0.25, 0.3) is 0 Å². The summed E-state index contributed by atoms with van der Waals surface area (Å²) < 4.78 is 7.74. The second-order valence-corrected chi connectivity index (χ2v) is 7.75. The van der Waals surface area contributed by atoms with Gasteiger partial charge in [0.1, 0.15) is 5.75 Å². The molecule has 1 N–H and O–H groups in total. The van der Waals surface area contributed by atoms with Gasteiger partial charge in [-0.25, -0.2) is 4.79 Å². The molecule has 2 aromatic heterocycles. The highest BCUT2D eigenvalue weighted by Gasteiger charge is 2.26. The molecular weight excluding hydrogens is 348 g/mol. The van der Waals surface area contributed by atoms with Crippen LogP contribution in [0.3, 0.4) is 0 Å². The zero-order valence-corrected chi connectivity index (χ0v) is 15.5. The Morgan fingerprint density at radius 3 is 2.77 bits per heavy atom. The molecule has 1 saturated heterocycles. The van der Waals surface area contributed by atoms with Crippen LogP contribution in [0.25, 0.3) is 10.9 Å². The van der Waals surface area contributed by atoms with Crippen LogP contribution in [0.4, 0.5) is 4.79 Å². The fourth-order valence-electron chi connectivity index (χ4n) is 3.84. The number of hydrogen-bond donors (Lipinski definition) is 1. The van der Waals surface area contributed by atoms with E-state index in [0.717, 1.165) is 25.1 Å². The first-order valence-corrected chi connectivity index (χ1v) is 9.70. The van der Waals surface area contributed by atoms with Gasteiger partial charge in [0.05, 0.1) is 13.7 Å². The van der Waals surface area contributed by atoms with Crippen molar-refractivity contribution in [3.63, 3.8) is 0 Å². The zero-order chi connectivity index (χ0) is 18.1. The second-order valence-electron chi connectivity index (χ2n) is 6.72. The largest absolute Gasteiger partial charge is 0.497 e. The van der Waals surface area contributed by atoms with Gasteiger partial charge in [-0.05, 0) is 54.0 Å². The van der Waals surface area contributed by atoms with Crippen LogP contribution in [0.1, 0.15) is 29.2 Å². The number of likely N-dealkylation sites (tertiary alicyclic amines) is 1. The lowest BCUT2D eigenvalue weighted by Gasteiger charge is -2.29. The van der Waals surface area contributed by atoms with E-state index in [4.69, 9.17) is 4.74 Å². The van der Waals surface area contributed by atoms with Crippen molar-refractivity contribution in [2.24, 2.45) is 0 Å². The van der Waals surface area contributed by atoms with Crippen molar-refractivity contribution in [1.29, 1.82) is 0 Å². The number of methoxy groups -OCH3 is 1. The number of benzene rings is 1. The van der Waals surface area contributed by atoms with Crippen LogP contribution in [-0.4, -0.2) is 40.9 Å². The Balaban J connectivity index is 1.70. The van der Waals surface area contributed by atoms with Crippen molar-refractivity contribution < 1.29 is 14.6 Å². The lowest BCUT2D eigenvalue weighted by atomic mass is 9.89. The number of ether oxygens (including phenoxy) is 1. The molecule has 1 amide bonds. The molecule has 0 saturated carbocycles. The summed E-state index contributed by atoms with van der Waals surface area (Å²) in [5.74, 6) is 1.24. The molecule has 0 aliphatic carbocycles. The van der Waals surface area contributed by atoms with Gasteiger partial charge < -0.3 is 19.3 Å². The first-order chi connectivity index (χ1) is 12.7. The van der Waals surface area contributed by atoms with Gasteiger partial charge in [-0.3, -0.25) is 0 Å². The number of fused-ring (bicyclic) bond motifs is 1. The second kappa shape index (κ2) is 7.03. The third-order valence-electron chi connectivity index (χ3n) is 5.23. The van der Waals surface area contributed by atoms with Gasteiger partial charge in [0.15, 0.2) is 0 Å². The van der Waals surface area contributed by atoms with Crippen LogP contribution in [0.15, 0.2) is 41.9 Å². The van der Waals surface area contributed by atoms with Crippen molar-refractivity contribution in [3.05, 3.63) is 52.3 Å². The van der Waals surface area contributed by atoms with E-state index in [-0.39, 0.29) is 0 Å². The number of hydrogen-bond acceptors (Lipinski definition) is 3. The molecule has 26 heavy (non-hydrogen) atoms. The van der Waals surface area contributed by atoms with Gasteiger partial charge in [0.2, 0.25) is 0 Å². The van der Waals surface area contributed by atoms with Crippen molar-refractivity contribution >= 4 is 28.3 Å².